The van der Waals surface area contributed by atoms with E-state index in [9.17, 15) is 18.0 Å². The Labute approximate surface area is 163 Å². The van der Waals surface area contributed by atoms with Crippen molar-refractivity contribution in [2.75, 3.05) is 23.8 Å². The molecule has 27 heavy (non-hydrogen) atoms. The maximum absolute atomic E-state index is 12.8. The van der Waals surface area contributed by atoms with Gasteiger partial charge >= 0.3 is 5.97 Å². The maximum Gasteiger partial charge on any atom is 0.338 e. The number of anilines is 1. The van der Waals surface area contributed by atoms with Crippen LogP contribution in [-0.4, -0.2) is 55.4 Å². The number of nitrogens with two attached hydrogens (primary N) is 1. The molecule has 1 heterocycles. The van der Waals surface area contributed by atoms with E-state index < -0.39 is 22.4 Å². The molecule has 2 aliphatic rings. The normalized spacial score (nSPS) is 21.9. The van der Waals surface area contributed by atoms with Crippen LogP contribution in [0.1, 0.15) is 42.5 Å². The molecule has 9 heteroatoms. The van der Waals surface area contributed by atoms with Gasteiger partial charge in [0.25, 0.3) is 5.91 Å². The predicted octanol–water partition coefficient (Wildman–Crippen LogP) is 2.04. The molecule has 0 radical (unpaired) electrons. The van der Waals surface area contributed by atoms with Crippen molar-refractivity contribution in [1.29, 1.82) is 0 Å². The molecule has 1 saturated heterocycles. The van der Waals surface area contributed by atoms with Gasteiger partial charge in [-0.3, -0.25) is 4.79 Å². The molecule has 1 aromatic rings. The Balaban J connectivity index is 1.67. The number of nitrogen functional groups attached to an aromatic ring is 1. The third-order valence-corrected chi connectivity index (χ3v) is 7.26. The maximum atomic E-state index is 12.8. The second kappa shape index (κ2) is 8.06. The van der Waals surface area contributed by atoms with Crippen molar-refractivity contribution in [2.45, 2.75) is 44.2 Å². The number of amides is 1. The lowest BCUT2D eigenvalue weighted by molar-refractivity contribution is -0.139. The summed E-state index contributed by atoms with van der Waals surface area (Å²) in [7, 11) is -3.11. The van der Waals surface area contributed by atoms with Crippen molar-refractivity contribution in [2.24, 2.45) is 0 Å². The Hall–Kier alpha value is -1.80. The molecule has 1 aliphatic heterocycles. The van der Waals surface area contributed by atoms with Gasteiger partial charge in [-0.25, -0.2) is 13.2 Å². The molecule has 0 bridgehead atoms. The summed E-state index contributed by atoms with van der Waals surface area (Å²) in [5.41, 5.74) is 6.14. The van der Waals surface area contributed by atoms with Crippen molar-refractivity contribution in [3.8, 4) is 0 Å². The smallest absolute Gasteiger partial charge is 0.338 e. The van der Waals surface area contributed by atoms with E-state index in [1.165, 1.54) is 18.2 Å². The first-order chi connectivity index (χ1) is 12.8. The van der Waals surface area contributed by atoms with Crippen LogP contribution < -0.4 is 5.73 Å². The van der Waals surface area contributed by atoms with E-state index in [0.29, 0.717) is 11.4 Å². The van der Waals surface area contributed by atoms with E-state index in [-0.39, 0.29) is 40.7 Å². The zero-order chi connectivity index (χ0) is 19.6. The summed E-state index contributed by atoms with van der Waals surface area (Å²) < 4.78 is 28.9. The molecular weight excluding hydrogens is 392 g/mol. The third kappa shape index (κ3) is 4.73. The Morgan fingerprint density at radius 3 is 2.48 bits per heavy atom. The Morgan fingerprint density at radius 1 is 1.19 bits per heavy atom. The fourth-order valence-electron chi connectivity index (χ4n) is 3.84. The van der Waals surface area contributed by atoms with Crippen molar-refractivity contribution in [3.63, 3.8) is 0 Å². The molecule has 3 rings (SSSR count). The number of esters is 1. The third-order valence-electron chi connectivity index (χ3n) is 5.17. The molecular formula is C18H23ClN2O5S. The van der Waals surface area contributed by atoms with Gasteiger partial charge in [0.15, 0.2) is 16.4 Å². The van der Waals surface area contributed by atoms with E-state index in [1.807, 2.05) is 0 Å². The average molecular weight is 415 g/mol. The molecule has 1 amide bonds. The number of hydrogen-bond acceptors (Lipinski definition) is 6. The Bertz CT molecular complexity index is 836. The molecule has 0 unspecified atom stereocenters. The number of nitrogens with zero attached hydrogens (tertiary/aromatic N) is 1. The van der Waals surface area contributed by atoms with Gasteiger partial charge in [-0.1, -0.05) is 24.4 Å². The van der Waals surface area contributed by atoms with E-state index in [4.69, 9.17) is 22.1 Å². The number of ether oxygens (including phenoxy) is 1. The summed E-state index contributed by atoms with van der Waals surface area (Å²) in [6.45, 7) is -0.422. The fourth-order valence-corrected chi connectivity index (χ4v) is 5.67. The van der Waals surface area contributed by atoms with E-state index >= 15 is 0 Å². The van der Waals surface area contributed by atoms with Crippen LogP contribution in [-0.2, 0) is 19.4 Å². The average Bonchev–Trinajstić information content (AvgIpc) is 3.25. The van der Waals surface area contributed by atoms with E-state index in [2.05, 4.69) is 0 Å². The lowest BCUT2D eigenvalue weighted by atomic mass is 10.1. The SMILES string of the molecule is Nc1cc(C(=O)OCC(=O)N(C2CCCC2)[C@@H]2CCS(=O)(=O)C2)ccc1Cl. The molecule has 1 aliphatic carbocycles. The molecule has 1 aromatic carbocycles. The summed E-state index contributed by atoms with van der Waals surface area (Å²) in [6, 6.07) is 4.04. The van der Waals surface area contributed by atoms with E-state index in [1.54, 1.807) is 4.90 Å². The van der Waals surface area contributed by atoms with Gasteiger partial charge in [0.2, 0.25) is 0 Å². The van der Waals surface area contributed by atoms with Gasteiger partial charge in [0.1, 0.15) is 0 Å². The van der Waals surface area contributed by atoms with Gasteiger partial charge in [0, 0.05) is 12.1 Å². The van der Waals surface area contributed by atoms with Crippen LogP contribution in [0.3, 0.4) is 0 Å². The van der Waals surface area contributed by atoms with Crippen molar-refractivity contribution < 1.29 is 22.7 Å². The summed E-state index contributed by atoms with van der Waals surface area (Å²) in [6.07, 6.45) is 4.16. The molecule has 1 atom stereocenters. The van der Waals surface area contributed by atoms with Crippen molar-refractivity contribution in [3.05, 3.63) is 28.8 Å². The second-order valence-electron chi connectivity index (χ2n) is 7.11. The highest BCUT2D eigenvalue weighted by atomic mass is 35.5. The molecule has 2 fully saturated rings. The molecule has 0 spiro atoms. The van der Waals surface area contributed by atoms with Crippen LogP contribution >= 0.6 is 11.6 Å². The highest BCUT2D eigenvalue weighted by Crippen LogP contribution is 2.29. The second-order valence-corrected chi connectivity index (χ2v) is 9.74. The number of halogens is 1. The quantitative estimate of drug-likeness (QED) is 0.583. The zero-order valence-electron chi connectivity index (χ0n) is 14.9. The minimum atomic E-state index is -3.11. The van der Waals surface area contributed by atoms with Gasteiger partial charge in [-0.05, 0) is 37.5 Å². The first kappa shape index (κ1) is 19.9. The topological polar surface area (TPSA) is 107 Å². The predicted molar refractivity (Wildman–Crippen MR) is 102 cm³/mol. The summed E-state index contributed by atoms with van der Waals surface area (Å²) >= 11 is 5.84. The van der Waals surface area contributed by atoms with Crippen LogP contribution in [0.4, 0.5) is 5.69 Å². The number of sulfone groups is 1. The van der Waals surface area contributed by atoms with Crippen LogP contribution in [0.2, 0.25) is 5.02 Å². The van der Waals surface area contributed by atoms with Gasteiger partial charge in [-0.2, -0.15) is 0 Å². The van der Waals surface area contributed by atoms with Crippen LogP contribution in [0.5, 0.6) is 0 Å². The van der Waals surface area contributed by atoms with Crippen LogP contribution in [0.25, 0.3) is 0 Å². The molecule has 148 valence electrons. The van der Waals surface area contributed by atoms with Gasteiger partial charge < -0.3 is 15.4 Å². The lowest BCUT2D eigenvalue weighted by Gasteiger charge is -2.33. The lowest BCUT2D eigenvalue weighted by Crippen LogP contribution is -2.48. The minimum Gasteiger partial charge on any atom is -0.452 e. The molecule has 7 nitrogen and oxygen atoms in total. The van der Waals surface area contributed by atoms with Crippen LogP contribution in [0.15, 0.2) is 18.2 Å². The Morgan fingerprint density at radius 2 is 1.89 bits per heavy atom. The number of carbonyl (C=O) groups excluding carboxylic acids is 2. The summed E-state index contributed by atoms with van der Waals surface area (Å²) in [4.78, 5) is 26.6. The minimum absolute atomic E-state index is 0.0145. The molecule has 0 aromatic heterocycles. The fraction of sp³-hybridized carbons (Fsp3) is 0.556. The number of benzene rings is 1. The van der Waals surface area contributed by atoms with Crippen molar-refractivity contribution >= 4 is 39.0 Å². The van der Waals surface area contributed by atoms with Crippen LogP contribution in [0, 0.1) is 0 Å². The first-order valence-corrected chi connectivity index (χ1v) is 11.2. The number of carbonyl (C=O) groups is 2. The largest absolute Gasteiger partial charge is 0.452 e. The highest BCUT2D eigenvalue weighted by molar-refractivity contribution is 7.91. The van der Waals surface area contributed by atoms with Crippen molar-refractivity contribution in [1.82, 2.24) is 4.90 Å². The molecule has 2 N–H and O–H groups in total. The van der Waals surface area contributed by atoms with Gasteiger partial charge in [-0.15, -0.1) is 0 Å². The Kier molecular flexibility index (Phi) is 5.95. The standard InChI is InChI=1S/C18H23ClN2O5S/c19-15-6-5-12(9-16(15)20)18(23)26-10-17(22)21(13-3-1-2-4-13)14-7-8-27(24,25)11-14/h5-6,9,13-14H,1-4,7-8,10-11,20H2/t14-/m1/s1. The molecule has 1 saturated carbocycles. The first-order valence-electron chi connectivity index (χ1n) is 9.00. The zero-order valence-corrected chi connectivity index (χ0v) is 16.5. The summed E-state index contributed by atoms with van der Waals surface area (Å²) in [5.74, 6) is -0.939. The van der Waals surface area contributed by atoms with E-state index in [0.717, 1.165) is 25.7 Å². The monoisotopic (exact) mass is 414 g/mol. The number of rotatable bonds is 5. The number of hydrogen-bond donors (Lipinski definition) is 1. The summed E-state index contributed by atoms with van der Waals surface area (Å²) in [5, 5.41) is 0.331. The highest BCUT2D eigenvalue weighted by Gasteiger charge is 2.39. The van der Waals surface area contributed by atoms with Gasteiger partial charge in [0.05, 0.1) is 27.8 Å².